The second-order valence-corrected chi connectivity index (χ2v) is 4.67. The third-order valence-corrected chi connectivity index (χ3v) is 2.78. The molecular formula is C16H25F2N3O2. The zero-order chi connectivity index (χ0) is 16.9. The molecule has 1 aromatic carbocycles. The van der Waals surface area contributed by atoms with Gasteiger partial charge in [0.15, 0.2) is 5.96 Å². The highest BCUT2D eigenvalue weighted by molar-refractivity contribution is 5.79. The van der Waals surface area contributed by atoms with Crippen LogP contribution in [0.5, 0.6) is 5.75 Å². The Morgan fingerprint density at radius 2 is 2.09 bits per heavy atom. The first-order valence-corrected chi connectivity index (χ1v) is 7.75. The minimum Gasteiger partial charge on any atom is -0.488 e. The van der Waals surface area contributed by atoms with Crippen LogP contribution in [0.3, 0.4) is 0 Å². The van der Waals surface area contributed by atoms with Crippen molar-refractivity contribution in [3.05, 3.63) is 29.8 Å². The van der Waals surface area contributed by atoms with Crippen LogP contribution in [-0.4, -0.2) is 45.3 Å². The van der Waals surface area contributed by atoms with Crippen LogP contribution in [0.15, 0.2) is 29.3 Å². The molecule has 0 heterocycles. The average Bonchev–Trinajstić information content (AvgIpc) is 2.55. The monoisotopic (exact) mass is 329 g/mol. The highest BCUT2D eigenvalue weighted by atomic mass is 19.3. The molecule has 0 aliphatic heterocycles. The molecule has 0 bridgehead atoms. The lowest BCUT2D eigenvalue weighted by molar-refractivity contribution is 0.0818. The maximum atomic E-state index is 12.2. The molecular weight excluding hydrogens is 304 g/mol. The number of nitrogens with zero attached hydrogens (tertiary/aromatic N) is 1. The predicted molar refractivity (Wildman–Crippen MR) is 87.3 cm³/mol. The molecule has 0 radical (unpaired) electrons. The van der Waals surface area contributed by atoms with Gasteiger partial charge in [0, 0.05) is 19.7 Å². The Kier molecular flexibility index (Phi) is 9.70. The molecule has 0 aliphatic rings. The summed E-state index contributed by atoms with van der Waals surface area (Å²) in [5, 5.41) is 6.30. The van der Waals surface area contributed by atoms with Gasteiger partial charge in [0.05, 0.1) is 13.2 Å². The molecule has 130 valence electrons. The Bertz CT molecular complexity index is 470. The summed E-state index contributed by atoms with van der Waals surface area (Å²) in [5.74, 6) is 1.11. The molecule has 7 heteroatoms. The Morgan fingerprint density at radius 1 is 1.26 bits per heavy atom. The molecule has 0 spiro atoms. The first kappa shape index (κ1) is 19.2. The molecule has 2 N–H and O–H groups in total. The maximum Gasteiger partial charge on any atom is 0.272 e. The van der Waals surface area contributed by atoms with E-state index in [2.05, 4.69) is 15.6 Å². The summed E-state index contributed by atoms with van der Waals surface area (Å²) in [6, 6.07) is 7.01. The largest absolute Gasteiger partial charge is 0.488 e. The molecule has 0 saturated carbocycles. The van der Waals surface area contributed by atoms with E-state index in [1.54, 1.807) is 18.2 Å². The van der Waals surface area contributed by atoms with Gasteiger partial charge < -0.3 is 20.1 Å². The second-order valence-electron chi connectivity index (χ2n) is 4.67. The highest BCUT2D eigenvalue weighted by Crippen LogP contribution is 2.14. The van der Waals surface area contributed by atoms with Crippen molar-refractivity contribution in [3.63, 3.8) is 0 Å². The van der Waals surface area contributed by atoms with Crippen molar-refractivity contribution in [2.24, 2.45) is 4.99 Å². The highest BCUT2D eigenvalue weighted by Gasteiger charge is 2.04. The predicted octanol–water partition coefficient (Wildman–Crippen LogP) is 2.42. The third kappa shape index (κ3) is 8.97. The molecule has 23 heavy (non-hydrogen) atoms. The topological polar surface area (TPSA) is 54.9 Å². The molecule has 1 aromatic rings. The number of rotatable bonds is 10. The number of halogens is 2. The number of hydrogen-bond donors (Lipinski definition) is 2. The van der Waals surface area contributed by atoms with E-state index < -0.39 is 13.0 Å². The second kappa shape index (κ2) is 11.6. The molecule has 0 aromatic heterocycles. The summed E-state index contributed by atoms with van der Waals surface area (Å²) in [7, 11) is 0. The van der Waals surface area contributed by atoms with E-state index in [0.717, 1.165) is 12.1 Å². The number of nitrogens with one attached hydrogen (secondary N) is 2. The number of hydrogen-bond acceptors (Lipinski definition) is 3. The van der Waals surface area contributed by atoms with E-state index >= 15 is 0 Å². The summed E-state index contributed by atoms with van der Waals surface area (Å²) in [6.07, 6.45) is -2.48. The standard InChI is InChI=1S/C16H25F2N3O2/c1-3-19-16(20-8-9-22-4-2)21-11-13-6-5-7-14(10-13)23-12-15(17)18/h5-7,10,15H,3-4,8-9,11-12H2,1-2H3,(H2,19,20,21). The van der Waals surface area contributed by atoms with Crippen LogP contribution in [0, 0.1) is 0 Å². The van der Waals surface area contributed by atoms with Gasteiger partial charge in [-0.05, 0) is 31.5 Å². The van der Waals surface area contributed by atoms with Gasteiger partial charge in [0.2, 0.25) is 0 Å². The fourth-order valence-electron chi connectivity index (χ4n) is 1.79. The van der Waals surface area contributed by atoms with Crippen LogP contribution in [0.1, 0.15) is 19.4 Å². The average molecular weight is 329 g/mol. The van der Waals surface area contributed by atoms with Crippen molar-refractivity contribution < 1.29 is 18.3 Å². The van der Waals surface area contributed by atoms with Gasteiger partial charge in [0.1, 0.15) is 12.4 Å². The third-order valence-electron chi connectivity index (χ3n) is 2.78. The molecule has 0 unspecified atom stereocenters. The summed E-state index contributed by atoms with van der Waals surface area (Å²) in [4.78, 5) is 4.45. The molecule has 0 atom stereocenters. The lowest BCUT2D eigenvalue weighted by Gasteiger charge is -2.11. The van der Waals surface area contributed by atoms with Crippen molar-refractivity contribution in [1.29, 1.82) is 0 Å². The first-order valence-electron chi connectivity index (χ1n) is 7.75. The van der Waals surface area contributed by atoms with E-state index in [1.807, 2.05) is 19.9 Å². The van der Waals surface area contributed by atoms with Gasteiger partial charge in [-0.25, -0.2) is 13.8 Å². The minimum absolute atomic E-state index is 0.423. The zero-order valence-corrected chi connectivity index (χ0v) is 13.6. The number of guanidine groups is 1. The van der Waals surface area contributed by atoms with E-state index in [1.165, 1.54) is 0 Å². The smallest absolute Gasteiger partial charge is 0.272 e. The minimum atomic E-state index is -2.48. The fourth-order valence-corrected chi connectivity index (χ4v) is 1.79. The maximum absolute atomic E-state index is 12.2. The van der Waals surface area contributed by atoms with Gasteiger partial charge in [-0.2, -0.15) is 0 Å². The number of alkyl halides is 2. The quantitative estimate of drug-likeness (QED) is 0.393. The van der Waals surface area contributed by atoms with Crippen LogP contribution < -0.4 is 15.4 Å². The number of aliphatic imine (C=N–C) groups is 1. The van der Waals surface area contributed by atoms with Gasteiger partial charge >= 0.3 is 0 Å². The van der Waals surface area contributed by atoms with Crippen LogP contribution in [0.4, 0.5) is 8.78 Å². The number of ether oxygens (including phenoxy) is 2. The summed E-state index contributed by atoms with van der Waals surface area (Å²) >= 11 is 0. The molecule has 0 fully saturated rings. The molecule has 0 amide bonds. The zero-order valence-electron chi connectivity index (χ0n) is 13.6. The van der Waals surface area contributed by atoms with Gasteiger partial charge in [-0.15, -0.1) is 0 Å². The Balaban J connectivity index is 2.55. The normalized spacial score (nSPS) is 11.6. The SMILES string of the molecule is CCNC(=NCc1cccc(OCC(F)F)c1)NCCOCC. The lowest BCUT2D eigenvalue weighted by Crippen LogP contribution is -2.39. The molecule has 1 rings (SSSR count). The summed E-state index contributed by atoms with van der Waals surface area (Å²) in [5.41, 5.74) is 0.888. The van der Waals surface area contributed by atoms with Crippen LogP contribution >= 0.6 is 0 Å². The van der Waals surface area contributed by atoms with Gasteiger partial charge in [-0.3, -0.25) is 0 Å². The van der Waals surface area contributed by atoms with E-state index in [9.17, 15) is 8.78 Å². The van der Waals surface area contributed by atoms with Crippen molar-refractivity contribution in [1.82, 2.24) is 10.6 Å². The Labute approximate surface area is 136 Å². The van der Waals surface area contributed by atoms with Crippen LogP contribution in [0.2, 0.25) is 0 Å². The fraction of sp³-hybridized carbons (Fsp3) is 0.562. The Hall–Kier alpha value is -1.89. The van der Waals surface area contributed by atoms with Crippen molar-refractivity contribution in [2.75, 3.05) is 32.9 Å². The number of benzene rings is 1. The molecule has 5 nitrogen and oxygen atoms in total. The van der Waals surface area contributed by atoms with Crippen molar-refractivity contribution in [2.45, 2.75) is 26.8 Å². The summed E-state index contributed by atoms with van der Waals surface area (Å²) in [6.45, 7) is 6.46. The first-order chi connectivity index (χ1) is 11.2. The van der Waals surface area contributed by atoms with E-state index in [0.29, 0.717) is 38.0 Å². The van der Waals surface area contributed by atoms with Crippen LogP contribution in [-0.2, 0) is 11.3 Å². The van der Waals surface area contributed by atoms with Crippen LogP contribution in [0.25, 0.3) is 0 Å². The lowest BCUT2D eigenvalue weighted by atomic mass is 10.2. The van der Waals surface area contributed by atoms with Gasteiger partial charge in [0.25, 0.3) is 6.43 Å². The van der Waals surface area contributed by atoms with Crippen molar-refractivity contribution in [3.8, 4) is 5.75 Å². The van der Waals surface area contributed by atoms with Crippen molar-refractivity contribution >= 4 is 5.96 Å². The van der Waals surface area contributed by atoms with E-state index in [-0.39, 0.29) is 0 Å². The molecule has 0 aliphatic carbocycles. The van der Waals surface area contributed by atoms with Gasteiger partial charge in [-0.1, -0.05) is 12.1 Å². The molecule has 0 saturated heterocycles. The van der Waals surface area contributed by atoms with E-state index in [4.69, 9.17) is 9.47 Å². The Morgan fingerprint density at radius 3 is 2.78 bits per heavy atom. The summed E-state index contributed by atoms with van der Waals surface area (Å²) < 4.78 is 34.6.